The molecule has 2 aromatic rings. The van der Waals surface area contributed by atoms with Gasteiger partial charge in [-0.1, -0.05) is 50.8 Å². The summed E-state index contributed by atoms with van der Waals surface area (Å²) in [6, 6.07) is 17.9. The van der Waals surface area contributed by atoms with E-state index in [1.165, 1.54) is 19.3 Å². The topological polar surface area (TPSA) is 47.6 Å². The van der Waals surface area contributed by atoms with Crippen LogP contribution in [0.15, 0.2) is 54.6 Å². The Balaban J connectivity index is 1.54. The fourth-order valence-electron chi connectivity index (χ4n) is 2.70. The van der Waals surface area contributed by atoms with Gasteiger partial charge in [-0.25, -0.2) is 0 Å². The lowest BCUT2D eigenvalue weighted by atomic mass is 10.1. The second kappa shape index (κ2) is 12.8. The van der Waals surface area contributed by atoms with Gasteiger partial charge in [-0.05, 0) is 42.8 Å². The first-order chi connectivity index (χ1) is 13.3. The number of carbonyl (C=O) groups excluding carboxylic acids is 1. The number of carbonyl (C=O) groups is 1. The number of unbranched alkanes of at least 4 members (excludes halogenated alkanes) is 4. The smallest absolute Gasteiger partial charge is 0.305 e. The normalized spacial score (nSPS) is 10.4. The first-order valence-corrected chi connectivity index (χ1v) is 9.98. The van der Waals surface area contributed by atoms with Crippen LogP contribution in [-0.4, -0.2) is 19.2 Å². The molecule has 146 valence electrons. The van der Waals surface area contributed by atoms with Gasteiger partial charge in [-0.3, -0.25) is 4.79 Å². The van der Waals surface area contributed by atoms with Crippen molar-refractivity contribution in [3.05, 3.63) is 54.6 Å². The maximum atomic E-state index is 11.6. The van der Waals surface area contributed by atoms with Gasteiger partial charge in [0.2, 0.25) is 0 Å². The zero-order valence-corrected chi connectivity index (χ0v) is 16.3. The summed E-state index contributed by atoms with van der Waals surface area (Å²) in [4.78, 5) is 11.6. The van der Waals surface area contributed by atoms with Crippen LogP contribution in [0.4, 0.5) is 11.4 Å². The minimum absolute atomic E-state index is 0.0946. The second-order valence-corrected chi connectivity index (χ2v) is 6.60. The van der Waals surface area contributed by atoms with Crippen molar-refractivity contribution in [2.75, 3.05) is 18.5 Å². The summed E-state index contributed by atoms with van der Waals surface area (Å²) in [6.45, 7) is 3.14. The Morgan fingerprint density at radius 3 is 2.26 bits per heavy atom. The summed E-state index contributed by atoms with van der Waals surface area (Å²) in [7, 11) is 0. The molecule has 0 heterocycles. The second-order valence-electron chi connectivity index (χ2n) is 6.60. The molecule has 0 atom stereocenters. The summed E-state index contributed by atoms with van der Waals surface area (Å²) >= 11 is 0. The lowest BCUT2D eigenvalue weighted by Crippen LogP contribution is -2.08. The molecule has 27 heavy (non-hydrogen) atoms. The molecule has 0 fully saturated rings. The highest BCUT2D eigenvalue weighted by atomic mass is 16.5. The van der Waals surface area contributed by atoms with Gasteiger partial charge in [0, 0.05) is 24.2 Å². The van der Waals surface area contributed by atoms with Crippen LogP contribution in [0.1, 0.15) is 51.9 Å². The van der Waals surface area contributed by atoms with Gasteiger partial charge in [0.05, 0.1) is 13.2 Å². The third kappa shape index (κ3) is 9.13. The Hall–Kier alpha value is -2.49. The summed E-state index contributed by atoms with van der Waals surface area (Å²) in [5.74, 6) is 0.721. The van der Waals surface area contributed by atoms with Gasteiger partial charge in [-0.2, -0.15) is 0 Å². The van der Waals surface area contributed by atoms with Crippen LogP contribution in [-0.2, 0) is 9.53 Å². The zero-order chi connectivity index (χ0) is 19.2. The van der Waals surface area contributed by atoms with Gasteiger partial charge >= 0.3 is 5.97 Å². The van der Waals surface area contributed by atoms with E-state index in [0.717, 1.165) is 30.0 Å². The Bertz CT molecular complexity index is 640. The first-order valence-electron chi connectivity index (χ1n) is 9.98. The molecule has 4 heteroatoms. The van der Waals surface area contributed by atoms with E-state index in [1.54, 1.807) is 0 Å². The highest BCUT2D eigenvalue weighted by Crippen LogP contribution is 2.19. The van der Waals surface area contributed by atoms with Gasteiger partial charge in [0.25, 0.3) is 0 Å². The van der Waals surface area contributed by atoms with E-state index in [2.05, 4.69) is 12.2 Å². The Morgan fingerprint density at radius 1 is 0.815 bits per heavy atom. The van der Waals surface area contributed by atoms with Gasteiger partial charge < -0.3 is 14.8 Å². The molecule has 1 N–H and O–H groups in total. The van der Waals surface area contributed by atoms with Crippen LogP contribution in [0, 0.1) is 0 Å². The van der Waals surface area contributed by atoms with Crippen molar-refractivity contribution >= 4 is 17.3 Å². The van der Waals surface area contributed by atoms with Crippen LogP contribution >= 0.6 is 0 Å². The molecule has 0 amide bonds. The molecule has 0 aliphatic carbocycles. The average molecular weight is 370 g/mol. The lowest BCUT2D eigenvalue weighted by molar-refractivity contribution is -0.144. The van der Waals surface area contributed by atoms with Crippen molar-refractivity contribution in [1.29, 1.82) is 0 Å². The van der Waals surface area contributed by atoms with Crippen LogP contribution in [0.25, 0.3) is 0 Å². The number of hydrogen-bond acceptors (Lipinski definition) is 4. The minimum atomic E-state index is -0.0946. The molecule has 0 radical (unpaired) electrons. The molecule has 0 aromatic heterocycles. The Labute approximate surface area is 162 Å². The summed E-state index contributed by atoms with van der Waals surface area (Å²) in [6.07, 6.45) is 6.94. The highest BCUT2D eigenvalue weighted by molar-refractivity contribution is 5.69. The van der Waals surface area contributed by atoms with Crippen LogP contribution < -0.4 is 10.1 Å². The van der Waals surface area contributed by atoms with E-state index in [4.69, 9.17) is 9.47 Å². The highest BCUT2D eigenvalue weighted by Gasteiger charge is 2.03. The predicted octanol–water partition coefficient (Wildman–Crippen LogP) is 6.10. The number of para-hydroxylation sites is 1. The number of benzene rings is 2. The molecular formula is C23H31NO3. The van der Waals surface area contributed by atoms with Crippen molar-refractivity contribution < 1.29 is 14.3 Å². The molecule has 0 aliphatic heterocycles. The van der Waals surface area contributed by atoms with E-state index in [1.807, 2.05) is 54.6 Å². The lowest BCUT2D eigenvalue weighted by Gasteiger charge is -2.09. The molecule has 2 aromatic carbocycles. The van der Waals surface area contributed by atoms with Crippen molar-refractivity contribution in [3.8, 4) is 5.75 Å². The quantitative estimate of drug-likeness (QED) is 0.342. The van der Waals surface area contributed by atoms with Crippen LogP contribution in [0.2, 0.25) is 0 Å². The van der Waals surface area contributed by atoms with E-state index in [0.29, 0.717) is 26.1 Å². The maximum absolute atomic E-state index is 11.6. The van der Waals surface area contributed by atoms with Crippen LogP contribution in [0.5, 0.6) is 5.75 Å². The van der Waals surface area contributed by atoms with Crippen molar-refractivity contribution in [2.24, 2.45) is 0 Å². The van der Waals surface area contributed by atoms with Crippen molar-refractivity contribution in [3.63, 3.8) is 0 Å². The summed E-state index contributed by atoms with van der Waals surface area (Å²) < 4.78 is 10.9. The van der Waals surface area contributed by atoms with E-state index in [9.17, 15) is 4.79 Å². The fraction of sp³-hybridized carbons (Fsp3) is 0.435. The molecule has 0 saturated carbocycles. The SMILES string of the molecule is CCCCCCCC(=O)OCCCOc1ccc(Nc2ccccc2)cc1. The average Bonchev–Trinajstić information content (AvgIpc) is 2.69. The zero-order valence-electron chi connectivity index (χ0n) is 16.3. The molecule has 0 saturated heterocycles. The number of nitrogens with one attached hydrogen (secondary N) is 1. The monoisotopic (exact) mass is 369 g/mol. The number of ether oxygens (including phenoxy) is 2. The minimum Gasteiger partial charge on any atom is -0.493 e. The summed E-state index contributed by atoms with van der Waals surface area (Å²) in [5, 5.41) is 3.33. The Kier molecular flexibility index (Phi) is 9.87. The molecule has 2 rings (SSSR count). The molecule has 0 aliphatic rings. The predicted molar refractivity (Wildman–Crippen MR) is 111 cm³/mol. The van der Waals surface area contributed by atoms with Gasteiger partial charge in [-0.15, -0.1) is 0 Å². The largest absolute Gasteiger partial charge is 0.493 e. The standard InChI is InChI=1S/C23H31NO3/c1-2-3-4-5-9-13-23(25)27-19-10-18-26-22-16-14-21(15-17-22)24-20-11-7-6-8-12-20/h6-8,11-12,14-17,24H,2-5,9-10,13,18-19H2,1H3. The molecule has 0 bridgehead atoms. The molecular weight excluding hydrogens is 338 g/mol. The van der Waals surface area contributed by atoms with E-state index in [-0.39, 0.29) is 5.97 Å². The number of rotatable bonds is 13. The third-order valence-corrected chi connectivity index (χ3v) is 4.22. The Morgan fingerprint density at radius 2 is 1.52 bits per heavy atom. The third-order valence-electron chi connectivity index (χ3n) is 4.22. The van der Waals surface area contributed by atoms with Gasteiger partial charge in [0.15, 0.2) is 0 Å². The maximum Gasteiger partial charge on any atom is 0.305 e. The fourth-order valence-corrected chi connectivity index (χ4v) is 2.70. The van der Waals surface area contributed by atoms with Crippen LogP contribution in [0.3, 0.4) is 0 Å². The molecule has 4 nitrogen and oxygen atoms in total. The van der Waals surface area contributed by atoms with Crippen molar-refractivity contribution in [1.82, 2.24) is 0 Å². The van der Waals surface area contributed by atoms with E-state index >= 15 is 0 Å². The van der Waals surface area contributed by atoms with Gasteiger partial charge in [0.1, 0.15) is 5.75 Å². The number of anilines is 2. The first kappa shape index (κ1) is 20.8. The van der Waals surface area contributed by atoms with Crippen molar-refractivity contribution in [2.45, 2.75) is 51.9 Å². The molecule has 0 unspecified atom stereocenters. The summed E-state index contributed by atoms with van der Waals surface area (Å²) in [5.41, 5.74) is 2.07. The van der Waals surface area contributed by atoms with E-state index < -0.39 is 0 Å². The molecule has 0 spiro atoms. The number of hydrogen-bond donors (Lipinski definition) is 1. The number of esters is 1.